The molecule has 1 aliphatic carbocycles. The fourth-order valence-electron chi connectivity index (χ4n) is 4.65. The number of hydrogen-bond acceptors (Lipinski definition) is 6. The van der Waals surface area contributed by atoms with E-state index in [4.69, 9.17) is 10.8 Å². The van der Waals surface area contributed by atoms with Crippen LogP contribution in [0.2, 0.25) is 0 Å². The Bertz CT molecular complexity index is 1270. The molecule has 0 spiro atoms. The molecule has 0 aliphatic heterocycles. The molecule has 0 aromatic carbocycles. The van der Waals surface area contributed by atoms with Gasteiger partial charge in [0.25, 0.3) is 6.43 Å². The van der Waals surface area contributed by atoms with E-state index in [2.05, 4.69) is 20.3 Å². The zero-order valence-electron chi connectivity index (χ0n) is 18.1. The number of rotatable bonds is 5. The lowest BCUT2D eigenvalue weighted by molar-refractivity contribution is 0.127. The summed E-state index contributed by atoms with van der Waals surface area (Å²) in [5.41, 5.74) is 9.65. The monoisotopic (exact) mass is 440 g/mol. The third-order valence-corrected chi connectivity index (χ3v) is 6.58. The highest BCUT2D eigenvalue weighted by Crippen LogP contribution is 2.34. The van der Waals surface area contributed by atoms with Crippen molar-refractivity contribution in [3.05, 3.63) is 42.4 Å². The summed E-state index contributed by atoms with van der Waals surface area (Å²) in [6, 6.07) is 4.26. The van der Waals surface area contributed by atoms with Gasteiger partial charge in [-0.15, -0.1) is 0 Å². The van der Waals surface area contributed by atoms with Gasteiger partial charge in [-0.25, -0.2) is 28.2 Å². The van der Waals surface area contributed by atoms with Crippen LogP contribution in [0.25, 0.3) is 27.8 Å². The summed E-state index contributed by atoms with van der Waals surface area (Å²) < 4.78 is 29.4. The van der Waals surface area contributed by atoms with Gasteiger partial charge in [-0.3, -0.25) is 0 Å². The number of halogens is 2. The largest absolute Gasteiger partial charge is 0.321 e. The van der Waals surface area contributed by atoms with Gasteiger partial charge < -0.3 is 15.6 Å². The van der Waals surface area contributed by atoms with E-state index < -0.39 is 18.5 Å². The number of fused-ring (bicyclic) bond motifs is 2. The van der Waals surface area contributed by atoms with Crippen LogP contribution in [0.15, 0.2) is 30.7 Å². The molecule has 0 atom stereocenters. The third kappa shape index (κ3) is 3.53. The van der Waals surface area contributed by atoms with Crippen LogP contribution in [-0.4, -0.2) is 48.6 Å². The van der Waals surface area contributed by atoms with E-state index in [-0.39, 0.29) is 0 Å². The molecular formula is C22H26F2N8. The molecule has 5 rings (SSSR count). The number of nitrogens with zero attached hydrogens (tertiary/aromatic N) is 6. The van der Waals surface area contributed by atoms with Crippen LogP contribution < -0.4 is 11.1 Å². The molecule has 0 saturated heterocycles. The Labute approximate surface area is 183 Å². The van der Waals surface area contributed by atoms with Gasteiger partial charge in [0.1, 0.15) is 5.82 Å². The van der Waals surface area contributed by atoms with E-state index in [0.717, 1.165) is 42.3 Å². The lowest BCUT2D eigenvalue weighted by Gasteiger charge is -2.35. The van der Waals surface area contributed by atoms with Crippen LogP contribution in [0.5, 0.6) is 0 Å². The second kappa shape index (κ2) is 7.86. The van der Waals surface area contributed by atoms with E-state index in [9.17, 15) is 8.78 Å². The van der Waals surface area contributed by atoms with Crippen LogP contribution in [-0.2, 0) is 12.1 Å². The molecule has 8 nitrogen and oxygen atoms in total. The topological polar surface area (TPSA) is 99.0 Å². The summed E-state index contributed by atoms with van der Waals surface area (Å²) in [4.78, 5) is 13.3. The molecule has 1 fully saturated rings. The summed E-state index contributed by atoms with van der Waals surface area (Å²) >= 11 is 0. The Morgan fingerprint density at radius 1 is 1.22 bits per heavy atom. The molecular weight excluding hydrogens is 414 g/mol. The fourth-order valence-corrected chi connectivity index (χ4v) is 4.65. The average molecular weight is 441 g/mol. The van der Waals surface area contributed by atoms with Gasteiger partial charge in [-0.2, -0.15) is 5.10 Å². The van der Waals surface area contributed by atoms with Crippen molar-refractivity contribution < 1.29 is 8.78 Å². The van der Waals surface area contributed by atoms with Gasteiger partial charge in [0.15, 0.2) is 11.5 Å². The normalized spacial score (nSPS) is 21.8. The number of aromatic nitrogens is 6. The van der Waals surface area contributed by atoms with Gasteiger partial charge in [0, 0.05) is 29.6 Å². The lowest BCUT2D eigenvalue weighted by Crippen LogP contribution is -2.45. The highest BCUT2D eigenvalue weighted by Gasteiger charge is 2.35. The van der Waals surface area contributed by atoms with Crippen molar-refractivity contribution in [3.8, 4) is 11.1 Å². The smallest absolute Gasteiger partial charge is 0.256 e. The van der Waals surface area contributed by atoms with E-state index in [0.29, 0.717) is 28.9 Å². The minimum atomic E-state index is -2.47. The van der Waals surface area contributed by atoms with Crippen LogP contribution >= 0.6 is 0 Å². The second-order valence-corrected chi connectivity index (χ2v) is 8.59. The molecule has 4 aromatic rings. The molecule has 1 saturated carbocycles. The predicted molar refractivity (Wildman–Crippen MR) is 117 cm³/mol. The molecule has 10 heteroatoms. The molecule has 4 heterocycles. The van der Waals surface area contributed by atoms with E-state index >= 15 is 0 Å². The first-order valence-electron chi connectivity index (χ1n) is 10.8. The zero-order valence-corrected chi connectivity index (χ0v) is 18.1. The van der Waals surface area contributed by atoms with Crippen LogP contribution in [0, 0.1) is 6.92 Å². The minimum Gasteiger partial charge on any atom is -0.321 e. The SMILES string of the molecule is CNC1CCC(N)(c2ncc3c(-c4cnc5nc(C)n(CC(F)F)c5c4)ccn3n2)CC1. The average Bonchev–Trinajstić information content (AvgIpc) is 3.34. The molecule has 32 heavy (non-hydrogen) atoms. The molecule has 0 radical (unpaired) electrons. The maximum absolute atomic E-state index is 13.0. The quantitative estimate of drug-likeness (QED) is 0.495. The number of nitrogens with one attached hydrogen (secondary N) is 1. The Kier molecular flexibility index (Phi) is 5.13. The molecule has 4 aromatic heterocycles. The minimum absolute atomic E-state index is 0.413. The number of alkyl halides is 2. The molecule has 1 aliphatic rings. The first-order chi connectivity index (χ1) is 15.4. The first kappa shape index (κ1) is 20.9. The van der Waals surface area contributed by atoms with Gasteiger partial charge in [0.05, 0.1) is 29.3 Å². The molecule has 0 unspecified atom stereocenters. The highest BCUT2D eigenvalue weighted by molar-refractivity contribution is 5.85. The Hall–Kier alpha value is -2.98. The standard InChI is InChI=1S/C22H26F2N8/c1-13-29-20-17(31(13)12-19(23)24)9-14(10-27-20)16-5-8-32-18(16)11-28-21(30-32)22(25)6-3-15(26-2)4-7-22/h5,8-11,15,19,26H,3-4,6-7,12,25H2,1-2H3. The van der Waals surface area contributed by atoms with E-state index in [1.54, 1.807) is 23.8 Å². The van der Waals surface area contributed by atoms with Crippen molar-refractivity contribution >= 4 is 16.7 Å². The number of pyridine rings is 1. The van der Waals surface area contributed by atoms with Crippen molar-refractivity contribution in [1.82, 2.24) is 34.4 Å². The van der Waals surface area contributed by atoms with Crippen molar-refractivity contribution in [2.24, 2.45) is 5.73 Å². The zero-order chi connectivity index (χ0) is 22.5. The summed E-state index contributed by atoms with van der Waals surface area (Å²) in [5, 5.41) is 8.03. The summed E-state index contributed by atoms with van der Waals surface area (Å²) in [5.74, 6) is 1.15. The van der Waals surface area contributed by atoms with Crippen molar-refractivity contribution in [2.75, 3.05) is 7.05 Å². The van der Waals surface area contributed by atoms with Crippen LogP contribution in [0.3, 0.4) is 0 Å². The van der Waals surface area contributed by atoms with Gasteiger partial charge in [0.2, 0.25) is 0 Å². The molecule has 0 amide bonds. The maximum Gasteiger partial charge on any atom is 0.256 e. The van der Waals surface area contributed by atoms with E-state index in [1.807, 2.05) is 25.4 Å². The van der Waals surface area contributed by atoms with Crippen molar-refractivity contribution in [2.45, 2.75) is 57.2 Å². The summed E-state index contributed by atoms with van der Waals surface area (Å²) in [6.45, 7) is 1.29. The van der Waals surface area contributed by atoms with Crippen LogP contribution in [0.4, 0.5) is 8.78 Å². The van der Waals surface area contributed by atoms with Crippen molar-refractivity contribution in [3.63, 3.8) is 0 Å². The molecule has 168 valence electrons. The highest BCUT2D eigenvalue weighted by atomic mass is 19.3. The third-order valence-electron chi connectivity index (χ3n) is 6.58. The fraction of sp³-hybridized carbons (Fsp3) is 0.455. The second-order valence-electron chi connectivity index (χ2n) is 8.59. The Morgan fingerprint density at radius 3 is 2.72 bits per heavy atom. The van der Waals surface area contributed by atoms with Crippen LogP contribution in [0.1, 0.15) is 37.3 Å². The Balaban J connectivity index is 1.51. The van der Waals surface area contributed by atoms with Gasteiger partial charge >= 0.3 is 0 Å². The van der Waals surface area contributed by atoms with Gasteiger partial charge in [-0.1, -0.05) is 0 Å². The van der Waals surface area contributed by atoms with E-state index in [1.165, 1.54) is 4.57 Å². The lowest BCUT2D eigenvalue weighted by atomic mass is 9.79. The summed E-state index contributed by atoms with van der Waals surface area (Å²) in [7, 11) is 1.98. The predicted octanol–water partition coefficient (Wildman–Crippen LogP) is 3.03. The maximum atomic E-state index is 13.0. The molecule has 3 N–H and O–H groups in total. The number of aryl methyl sites for hydroxylation is 1. The Morgan fingerprint density at radius 2 is 2.00 bits per heavy atom. The first-order valence-corrected chi connectivity index (χ1v) is 10.8. The van der Waals surface area contributed by atoms with Gasteiger partial charge in [-0.05, 0) is 51.8 Å². The number of imidazole rings is 1. The number of hydrogen-bond donors (Lipinski definition) is 2. The summed E-state index contributed by atoms with van der Waals surface area (Å²) in [6.07, 6.45) is 6.51. The molecule has 0 bridgehead atoms. The number of nitrogens with two attached hydrogens (primary N) is 1. The van der Waals surface area contributed by atoms with Crippen molar-refractivity contribution in [1.29, 1.82) is 0 Å².